The van der Waals surface area contributed by atoms with Gasteiger partial charge in [0, 0.05) is 11.1 Å². The normalized spacial score (nSPS) is 12.1. The molecule has 0 spiro atoms. The molecule has 0 aliphatic carbocycles. The van der Waals surface area contributed by atoms with E-state index in [9.17, 15) is 5.11 Å². The van der Waals surface area contributed by atoms with Crippen LogP contribution in [0.2, 0.25) is 5.02 Å². The first-order chi connectivity index (χ1) is 9.58. The molecule has 0 aromatic heterocycles. The average Bonchev–Trinajstić information content (AvgIpc) is 2.46. The van der Waals surface area contributed by atoms with Crippen LogP contribution in [-0.2, 0) is 0 Å². The van der Waals surface area contributed by atoms with Crippen LogP contribution < -0.4 is 9.47 Å². The molecule has 2 rings (SSSR count). The monoisotopic (exact) mass is 292 g/mol. The van der Waals surface area contributed by atoms with Gasteiger partial charge in [-0.3, -0.25) is 0 Å². The Labute approximate surface area is 123 Å². The van der Waals surface area contributed by atoms with E-state index in [1.54, 1.807) is 32.4 Å². The summed E-state index contributed by atoms with van der Waals surface area (Å²) < 4.78 is 10.6. The summed E-state index contributed by atoms with van der Waals surface area (Å²) in [5.41, 5.74) is 2.24. The van der Waals surface area contributed by atoms with Crippen molar-refractivity contribution in [3.05, 3.63) is 58.1 Å². The van der Waals surface area contributed by atoms with E-state index in [1.807, 2.05) is 25.1 Å². The van der Waals surface area contributed by atoms with Crippen molar-refractivity contribution in [2.24, 2.45) is 0 Å². The lowest BCUT2D eigenvalue weighted by atomic mass is 9.98. The molecule has 0 heterocycles. The number of hydrogen-bond acceptors (Lipinski definition) is 3. The standard InChI is InChI=1S/C16H17ClO3/c1-10-7-8-13(19-2)11(9-10)16(18)15-12(17)5-4-6-14(15)20-3/h4-9,16,18H,1-3H3. The average molecular weight is 293 g/mol. The van der Waals surface area contributed by atoms with Crippen molar-refractivity contribution in [1.82, 2.24) is 0 Å². The Hall–Kier alpha value is -1.71. The van der Waals surface area contributed by atoms with Gasteiger partial charge >= 0.3 is 0 Å². The first-order valence-corrected chi connectivity index (χ1v) is 6.61. The summed E-state index contributed by atoms with van der Waals surface area (Å²) in [6, 6.07) is 10.9. The number of methoxy groups -OCH3 is 2. The highest BCUT2D eigenvalue weighted by Crippen LogP contribution is 2.38. The van der Waals surface area contributed by atoms with E-state index in [0.717, 1.165) is 5.56 Å². The Bertz CT molecular complexity index is 611. The Morgan fingerprint density at radius 3 is 2.40 bits per heavy atom. The quantitative estimate of drug-likeness (QED) is 0.933. The van der Waals surface area contributed by atoms with Gasteiger partial charge in [-0.25, -0.2) is 0 Å². The van der Waals surface area contributed by atoms with Crippen molar-refractivity contribution in [1.29, 1.82) is 0 Å². The third-order valence-electron chi connectivity index (χ3n) is 3.19. The van der Waals surface area contributed by atoms with Gasteiger partial charge in [-0.15, -0.1) is 0 Å². The Morgan fingerprint density at radius 2 is 1.75 bits per heavy atom. The maximum atomic E-state index is 10.7. The molecular weight excluding hydrogens is 276 g/mol. The van der Waals surface area contributed by atoms with Crippen LogP contribution in [0.5, 0.6) is 11.5 Å². The summed E-state index contributed by atoms with van der Waals surface area (Å²) in [6.07, 6.45) is -0.909. The first-order valence-electron chi connectivity index (χ1n) is 6.23. The molecule has 0 saturated heterocycles. The fraction of sp³-hybridized carbons (Fsp3) is 0.250. The zero-order chi connectivity index (χ0) is 14.7. The second-order valence-corrected chi connectivity index (χ2v) is 4.91. The predicted molar refractivity (Wildman–Crippen MR) is 79.8 cm³/mol. The lowest BCUT2D eigenvalue weighted by Crippen LogP contribution is -2.05. The molecule has 2 aromatic carbocycles. The number of ether oxygens (including phenoxy) is 2. The van der Waals surface area contributed by atoms with Crippen molar-refractivity contribution in [2.75, 3.05) is 14.2 Å². The number of aryl methyl sites for hydroxylation is 1. The highest BCUT2D eigenvalue weighted by Gasteiger charge is 2.22. The van der Waals surface area contributed by atoms with Crippen molar-refractivity contribution in [3.8, 4) is 11.5 Å². The lowest BCUT2D eigenvalue weighted by molar-refractivity contribution is 0.209. The van der Waals surface area contributed by atoms with Crippen molar-refractivity contribution >= 4 is 11.6 Å². The molecule has 0 fully saturated rings. The highest BCUT2D eigenvalue weighted by atomic mass is 35.5. The van der Waals surface area contributed by atoms with Crippen LogP contribution in [0.1, 0.15) is 22.8 Å². The van der Waals surface area contributed by atoms with E-state index < -0.39 is 6.10 Å². The molecule has 0 amide bonds. The molecule has 1 unspecified atom stereocenters. The molecule has 1 N–H and O–H groups in total. The zero-order valence-electron chi connectivity index (χ0n) is 11.7. The third-order valence-corrected chi connectivity index (χ3v) is 3.52. The molecule has 0 saturated carbocycles. The Kier molecular flexibility index (Phi) is 4.53. The first kappa shape index (κ1) is 14.7. The van der Waals surface area contributed by atoms with Gasteiger partial charge in [0.2, 0.25) is 0 Å². The number of benzene rings is 2. The lowest BCUT2D eigenvalue weighted by Gasteiger charge is -2.19. The summed E-state index contributed by atoms with van der Waals surface area (Å²) in [5, 5.41) is 11.1. The van der Waals surface area contributed by atoms with Crippen molar-refractivity contribution in [3.63, 3.8) is 0 Å². The minimum absolute atomic E-state index is 0.459. The molecule has 106 valence electrons. The van der Waals surface area contributed by atoms with Gasteiger partial charge in [-0.2, -0.15) is 0 Å². The van der Waals surface area contributed by atoms with E-state index in [-0.39, 0.29) is 0 Å². The number of aliphatic hydroxyl groups excluding tert-OH is 1. The topological polar surface area (TPSA) is 38.7 Å². The molecule has 4 heteroatoms. The van der Waals surface area contributed by atoms with Gasteiger partial charge in [0.1, 0.15) is 17.6 Å². The molecule has 0 bridgehead atoms. The minimum atomic E-state index is -0.909. The molecule has 0 radical (unpaired) electrons. The van der Waals surface area contributed by atoms with Gasteiger partial charge in [-0.05, 0) is 31.2 Å². The van der Waals surface area contributed by atoms with E-state index >= 15 is 0 Å². The van der Waals surface area contributed by atoms with Crippen molar-refractivity contribution in [2.45, 2.75) is 13.0 Å². The van der Waals surface area contributed by atoms with Crippen LogP contribution in [0, 0.1) is 6.92 Å². The minimum Gasteiger partial charge on any atom is -0.496 e. The maximum Gasteiger partial charge on any atom is 0.126 e. The van der Waals surface area contributed by atoms with Crippen LogP contribution in [-0.4, -0.2) is 19.3 Å². The van der Waals surface area contributed by atoms with E-state index in [4.69, 9.17) is 21.1 Å². The largest absolute Gasteiger partial charge is 0.496 e. The molecule has 2 aromatic rings. The Morgan fingerprint density at radius 1 is 1.05 bits per heavy atom. The van der Waals surface area contributed by atoms with Gasteiger partial charge in [0.05, 0.1) is 19.2 Å². The van der Waals surface area contributed by atoms with Gasteiger partial charge in [0.15, 0.2) is 0 Å². The summed E-state index contributed by atoms with van der Waals surface area (Å²) in [7, 11) is 3.13. The predicted octanol–water partition coefficient (Wildman–Crippen LogP) is 3.75. The summed E-state index contributed by atoms with van der Waals surface area (Å²) in [5.74, 6) is 1.17. The summed E-state index contributed by atoms with van der Waals surface area (Å²) in [6.45, 7) is 1.96. The molecule has 20 heavy (non-hydrogen) atoms. The third kappa shape index (κ3) is 2.74. The molecule has 0 aliphatic rings. The van der Waals surface area contributed by atoms with Crippen LogP contribution in [0.4, 0.5) is 0 Å². The number of rotatable bonds is 4. The van der Waals surface area contributed by atoms with E-state index in [1.165, 1.54) is 0 Å². The van der Waals surface area contributed by atoms with E-state index in [0.29, 0.717) is 27.6 Å². The summed E-state index contributed by atoms with van der Waals surface area (Å²) in [4.78, 5) is 0. The number of hydrogen-bond donors (Lipinski definition) is 1. The van der Waals surface area contributed by atoms with Crippen LogP contribution >= 0.6 is 11.6 Å². The van der Waals surface area contributed by atoms with Gasteiger partial charge < -0.3 is 14.6 Å². The van der Waals surface area contributed by atoms with E-state index in [2.05, 4.69) is 0 Å². The highest BCUT2D eigenvalue weighted by molar-refractivity contribution is 6.31. The van der Waals surface area contributed by atoms with Crippen LogP contribution in [0.15, 0.2) is 36.4 Å². The summed E-state index contributed by atoms with van der Waals surface area (Å²) >= 11 is 6.21. The smallest absolute Gasteiger partial charge is 0.126 e. The fourth-order valence-electron chi connectivity index (χ4n) is 2.18. The van der Waals surface area contributed by atoms with Crippen LogP contribution in [0.3, 0.4) is 0 Å². The molecule has 3 nitrogen and oxygen atoms in total. The second kappa shape index (κ2) is 6.16. The van der Waals surface area contributed by atoms with Crippen molar-refractivity contribution < 1.29 is 14.6 Å². The molecule has 1 atom stereocenters. The van der Waals surface area contributed by atoms with Gasteiger partial charge in [-0.1, -0.05) is 29.3 Å². The second-order valence-electron chi connectivity index (χ2n) is 4.50. The number of aliphatic hydroxyl groups is 1. The SMILES string of the molecule is COc1ccc(C)cc1C(O)c1c(Cl)cccc1OC. The molecule has 0 aliphatic heterocycles. The van der Waals surface area contributed by atoms with Gasteiger partial charge in [0.25, 0.3) is 0 Å². The van der Waals surface area contributed by atoms with Crippen LogP contribution in [0.25, 0.3) is 0 Å². The maximum absolute atomic E-state index is 10.7. The number of halogens is 1. The molecular formula is C16H17ClO3. The zero-order valence-corrected chi connectivity index (χ0v) is 12.4. The fourth-order valence-corrected chi connectivity index (χ4v) is 2.45. The Balaban J connectivity index is 2.57.